The molecular weight excluding hydrogens is 434 g/mol. The average molecular weight is 456 g/mol. The number of hydrazone groups is 1. The number of ether oxygens (including phenoxy) is 1. The number of hydrogen-bond donors (Lipinski definition) is 1. The van der Waals surface area contributed by atoms with Crippen molar-refractivity contribution in [2.75, 3.05) is 18.1 Å². The highest BCUT2D eigenvalue weighted by molar-refractivity contribution is 7.92. The third kappa shape index (κ3) is 4.62. The summed E-state index contributed by atoms with van der Waals surface area (Å²) in [6.45, 7) is 0. The molecule has 1 atom stereocenters. The van der Waals surface area contributed by atoms with Gasteiger partial charge in [-0.05, 0) is 41.3 Å². The summed E-state index contributed by atoms with van der Waals surface area (Å²) in [5, 5.41) is 8.16. The summed E-state index contributed by atoms with van der Waals surface area (Å²) < 4.78 is 30.7. The fraction of sp³-hybridized carbons (Fsp3) is 0.182. The number of anilines is 1. The topological polar surface area (TPSA) is 88.1 Å². The van der Waals surface area contributed by atoms with E-state index in [4.69, 9.17) is 4.74 Å². The highest BCUT2D eigenvalue weighted by Crippen LogP contribution is 2.37. The molecule has 2 heterocycles. The number of benzene rings is 2. The number of amides is 1. The molecule has 1 aliphatic rings. The lowest BCUT2D eigenvalue weighted by atomic mass is 10.0. The van der Waals surface area contributed by atoms with Crippen molar-refractivity contribution < 1.29 is 17.9 Å². The van der Waals surface area contributed by atoms with Gasteiger partial charge in [0.1, 0.15) is 5.75 Å². The second-order valence-electron chi connectivity index (χ2n) is 7.08. The first kappa shape index (κ1) is 21.1. The summed E-state index contributed by atoms with van der Waals surface area (Å²) in [6, 6.07) is 17.8. The lowest BCUT2D eigenvalue weighted by molar-refractivity contribution is 0.0710. The van der Waals surface area contributed by atoms with E-state index in [0.717, 1.165) is 22.4 Å². The van der Waals surface area contributed by atoms with Crippen LogP contribution in [0, 0.1) is 0 Å². The molecule has 0 saturated carbocycles. The minimum Gasteiger partial charge on any atom is -0.496 e. The fourth-order valence-electron chi connectivity index (χ4n) is 3.46. The number of carbonyl (C=O) groups is 1. The van der Waals surface area contributed by atoms with Crippen LogP contribution >= 0.6 is 11.3 Å². The van der Waals surface area contributed by atoms with E-state index in [1.165, 1.54) is 12.1 Å². The highest BCUT2D eigenvalue weighted by atomic mass is 32.2. The summed E-state index contributed by atoms with van der Waals surface area (Å²) in [5.41, 5.74) is 2.51. The summed E-state index contributed by atoms with van der Waals surface area (Å²) >= 11 is 1.58. The first-order valence-electron chi connectivity index (χ1n) is 9.51. The second-order valence-corrected chi connectivity index (χ2v) is 9.81. The summed E-state index contributed by atoms with van der Waals surface area (Å²) in [5.74, 6) is 0.262. The van der Waals surface area contributed by atoms with E-state index in [2.05, 4.69) is 9.82 Å². The van der Waals surface area contributed by atoms with Crippen LogP contribution in [-0.2, 0) is 10.0 Å². The maximum Gasteiger partial charge on any atom is 0.278 e. The van der Waals surface area contributed by atoms with Gasteiger partial charge in [-0.2, -0.15) is 5.10 Å². The number of nitrogens with zero attached hydrogens (tertiary/aromatic N) is 2. The van der Waals surface area contributed by atoms with Crippen molar-refractivity contribution in [3.8, 4) is 5.75 Å². The molecular formula is C22H21N3O4S2. The zero-order chi connectivity index (χ0) is 22.0. The maximum absolute atomic E-state index is 13.4. The molecule has 3 aromatic rings. The molecule has 1 amide bonds. The van der Waals surface area contributed by atoms with Crippen LogP contribution in [-0.4, -0.2) is 38.4 Å². The molecule has 1 aromatic heterocycles. The number of thiophene rings is 1. The molecule has 0 saturated heterocycles. The molecule has 0 unspecified atom stereocenters. The SMILES string of the molecule is COc1ccccc1C(=O)N1N=C(c2ccc(NS(C)(=O)=O)cc2)C[C@@H]1c1cccs1. The van der Waals surface area contributed by atoms with Gasteiger partial charge in [-0.25, -0.2) is 13.4 Å². The highest BCUT2D eigenvalue weighted by Gasteiger charge is 2.35. The predicted octanol–water partition coefficient (Wildman–Crippen LogP) is 4.12. The van der Waals surface area contributed by atoms with E-state index in [0.29, 0.717) is 23.4 Å². The number of hydrogen-bond acceptors (Lipinski definition) is 6. The Balaban J connectivity index is 1.67. The number of carbonyl (C=O) groups excluding carboxylic acids is 1. The molecule has 160 valence electrons. The summed E-state index contributed by atoms with van der Waals surface area (Å²) in [4.78, 5) is 14.4. The average Bonchev–Trinajstić information content (AvgIpc) is 3.42. The molecule has 0 spiro atoms. The van der Waals surface area contributed by atoms with E-state index in [1.54, 1.807) is 53.8 Å². The van der Waals surface area contributed by atoms with Crippen molar-refractivity contribution in [3.63, 3.8) is 0 Å². The van der Waals surface area contributed by atoms with E-state index in [9.17, 15) is 13.2 Å². The van der Waals surface area contributed by atoms with Gasteiger partial charge in [-0.3, -0.25) is 9.52 Å². The maximum atomic E-state index is 13.4. The Morgan fingerprint density at radius 2 is 1.87 bits per heavy atom. The first-order valence-corrected chi connectivity index (χ1v) is 12.3. The minimum atomic E-state index is -3.35. The summed E-state index contributed by atoms with van der Waals surface area (Å²) in [6.07, 6.45) is 1.66. The molecule has 1 N–H and O–H groups in total. The van der Waals surface area contributed by atoms with Crippen LogP contribution in [0.2, 0.25) is 0 Å². The van der Waals surface area contributed by atoms with Crippen molar-refractivity contribution in [2.45, 2.75) is 12.5 Å². The molecule has 7 nitrogen and oxygen atoms in total. The van der Waals surface area contributed by atoms with Crippen LogP contribution in [0.5, 0.6) is 5.75 Å². The number of nitrogens with one attached hydrogen (secondary N) is 1. The lowest BCUT2D eigenvalue weighted by Gasteiger charge is -2.21. The van der Waals surface area contributed by atoms with Gasteiger partial charge in [0.15, 0.2) is 0 Å². The monoisotopic (exact) mass is 455 g/mol. The van der Waals surface area contributed by atoms with Gasteiger partial charge in [0.05, 0.1) is 30.7 Å². The largest absolute Gasteiger partial charge is 0.496 e. The Labute approximate surface area is 185 Å². The van der Waals surface area contributed by atoms with Gasteiger partial charge in [0.25, 0.3) is 5.91 Å². The fourth-order valence-corrected chi connectivity index (χ4v) is 4.84. The van der Waals surface area contributed by atoms with Crippen LogP contribution < -0.4 is 9.46 Å². The van der Waals surface area contributed by atoms with E-state index >= 15 is 0 Å². The van der Waals surface area contributed by atoms with Gasteiger partial charge in [-0.15, -0.1) is 11.3 Å². The Hall–Kier alpha value is -3.17. The molecule has 0 radical (unpaired) electrons. The third-order valence-electron chi connectivity index (χ3n) is 4.85. The Morgan fingerprint density at radius 3 is 2.52 bits per heavy atom. The van der Waals surface area contributed by atoms with Crippen molar-refractivity contribution in [1.29, 1.82) is 0 Å². The molecule has 1 aliphatic heterocycles. The van der Waals surface area contributed by atoms with E-state index in [1.807, 2.05) is 23.6 Å². The van der Waals surface area contributed by atoms with Crippen LogP contribution in [0.4, 0.5) is 5.69 Å². The Morgan fingerprint density at radius 1 is 1.13 bits per heavy atom. The van der Waals surface area contributed by atoms with Crippen LogP contribution in [0.3, 0.4) is 0 Å². The third-order valence-corrected chi connectivity index (χ3v) is 6.43. The normalized spacial score (nSPS) is 16.1. The van der Waals surface area contributed by atoms with Crippen molar-refractivity contribution in [2.24, 2.45) is 5.10 Å². The first-order chi connectivity index (χ1) is 14.9. The van der Waals surface area contributed by atoms with Gasteiger partial charge >= 0.3 is 0 Å². The smallest absolute Gasteiger partial charge is 0.278 e. The van der Waals surface area contributed by atoms with Gasteiger partial charge in [0, 0.05) is 17.0 Å². The molecule has 31 heavy (non-hydrogen) atoms. The number of sulfonamides is 1. The predicted molar refractivity (Wildman–Crippen MR) is 122 cm³/mol. The van der Waals surface area contributed by atoms with Crippen LogP contribution in [0.15, 0.2) is 71.1 Å². The number of para-hydroxylation sites is 1. The lowest BCUT2D eigenvalue weighted by Crippen LogP contribution is -2.27. The van der Waals surface area contributed by atoms with E-state index < -0.39 is 10.0 Å². The second kappa shape index (κ2) is 8.52. The Kier molecular flexibility index (Phi) is 5.79. The summed E-state index contributed by atoms with van der Waals surface area (Å²) in [7, 11) is -1.81. The Bertz CT molecular complexity index is 1220. The number of rotatable bonds is 6. The van der Waals surface area contributed by atoms with Gasteiger partial charge in [0.2, 0.25) is 10.0 Å². The van der Waals surface area contributed by atoms with Crippen LogP contribution in [0.25, 0.3) is 0 Å². The van der Waals surface area contributed by atoms with Crippen molar-refractivity contribution >= 4 is 38.7 Å². The van der Waals surface area contributed by atoms with Gasteiger partial charge < -0.3 is 4.74 Å². The molecule has 9 heteroatoms. The molecule has 4 rings (SSSR count). The van der Waals surface area contributed by atoms with Gasteiger partial charge in [-0.1, -0.05) is 30.3 Å². The quantitative estimate of drug-likeness (QED) is 0.606. The zero-order valence-electron chi connectivity index (χ0n) is 17.0. The minimum absolute atomic E-state index is 0.221. The van der Waals surface area contributed by atoms with Crippen LogP contribution in [0.1, 0.15) is 33.3 Å². The molecule has 0 fully saturated rings. The number of methoxy groups -OCH3 is 1. The molecule has 2 aromatic carbocycles. The van der Waals surface area contributed by atoms with Crippen molar-refractivity contribution in [1.82, 2.24) is 5.01 Å². The van der Waals surface area contributed by atoms with Crippen molar-refractivity contribution in [3.05, 3.63) is 82.0 Å². The molecule has 0 bridgehead atoms. The molecule has 0 aliphatic carbocycles. The zero-order valence-corrected chi connectivity index (χ0v) is 18.6. The standard InChI is InChI=1S/C22H21N3O4S2/c1-29-20-7-4-3-6-17(20)22(26)25-19(21-8-5-13-30-21)14-18(23-25)15-9-11-16(12-10-15)24-31(2,27)28/h3-13,19,24H,14H2,1-2H3/t19-/m1/s1. The van der Waals surface area contributed by atoms with E-state index in [-0.39, 0.29) is 11.9 Å².